The van der Waals surface area contributed by atoms with Gasteiger partial charge in [0.1, 0.15) is 5.69 Å². The van der Waals surface area contributed by atoms with Gasteiger partial charge in [0.2, 0.25) is 0 Å². The summed E-state index contributed by atoms with van der Waals surface area (Å²) in [4.78, 5) is 24.1. The number of anilines is 2. The standard InChI is InChI=1S/C59H80N8O8S/c1-35-19-22-49-50-24-21-45(48-23-20-36(2)53-54(48)63-76-62-53)30-52(50)59(51(49)29-35,25-15-11-13-17-27-70-33-46-32-66(65-61-46)57-55(74-43(9)68)39(5)37(3)41(7)72-57)26-16-12-14-18-28-71-34-47-31-60-64-67(47)58-56(75-44(10)69)40(6)38(4)42(8)73-58/h19-24,29-32,37-42,55-58,62-63H,11-18,25-28,33-34H2,1-10H3. The molecule has 410 valence electrons. The molecule has 17 heteroatoms. The van der Waals surface area contributed by atoms with E-state index < -0.39 is 24.7 Å². The quantitative estimate of drug-likeness (QED) is 0.0359. The number of hydrogen-bond acceptors (Lipinski definition) is 15. The molecule has 2 saturated heterocycles. The molecule has 0 saturated carbocycles. The van der Waals surface area contributed by atoms with E-state index in [4.69, 9.17) is 28.4 Å². The van der Waals surface area contributed by atoms with Gasteiger partial charge in [0.05, 0.1) is 67.0 Å². The highest BCUT2D eigenvalue weighted by molar-refractivity contribution is 8.02. The molecule has 2 N–H and O–H groups in total. The topological polar surface area (TPSA) is 175 Å². The fourth-order valence-corrected chi connectivity index (χ4v) is 12.8. The zero-order valence-corrected chi connectivity index (χ0v) is 47.1. The lowest BCUT2D eigenvalue weighted by atomic mass is 9.70. The number of benzene rings is 3. The Labute approximate surface area is 453 Å². The van der Waals surface area contributed by atoms with Crippen LogP contribution in [0.3, 0.4) is 0 Å². The van der Waals surface area contributed by atoms with E-state index in [1.54, 1.807) is 15.6 Å². The number of nitrogens with one attached hydrogen (secondary N) is 2. The van der Waals surface area contributed by atoms with E-state index in [-0.39, 0.29) is 53.2 Å². The molecule has 0 bridgehead atoms. The van der Waals surface area contributed by atoms with Crippen LogP contribution in [0, 0.1) is 37.5 Å². The molecular formula is C59H80N8O8S. The molecule has 5 aromatic rings. The summed E-state index contributed by atoms with van der Waals surface area (Å²) in [5, 5.41) is 17.3. The number of carbonyl (C=O) groups excluding carboxylic acids is 2. The lowest BCUT2D eigenvalue weighted by molar-refractivity contribution is -0.216. The van der Waals surface area contributed by atoms with Crippen LogP contribution in [0.15, 0.2) is 60.9 Å². The number of hydrogen-bond donors (Lipinski definition) is 2. The monoisotopic (exact) mass is 1060 g/mol. The van der Waals surface area contributed by atoms with Crippen LogP contribution in [0.1, 0.15) is 166 Å². The lowest BCUT2D eigenvalue weighted by Crippen LogP contribution is -2.48. The first-order valence-corrected chi connectivity index (χ1v) is 28.6. The highest BCUT2D eigenvalue weighted by Crippen LogP contribution is 2.56. The van der Waals surface area contributed by atoms with E-state index in [0.29, 0.717) is 26.4 Å². The van der Waals surface area contributed by atoms with Crippen molar-refractivity contribution < 1.29 is 38.0 Å². The number of aromatic nitrogens is 6. The summed E-state index contributed by atoms with van der Waals surface area (Å²) in [7, 11) is 0. The zero-order chi connectivity index (χ0) is 53.7. The summed E-state index contributed by atoms with van der Waals surface area (Å²) < 4.78 is 47.1. The number of rotatable bonds is 23. The van der Waals surface area contributed by atoms with E-state index in [0.717, 1.165) is 87.0 Å². The van der Waals surface area contributed by atoms with E-state index in [1.807, 2.05) is 13.1 Å². The van der Waals surface area contributed by atoms with Crippen molar-refractivity contribution in [1.29, 1.82) is 0 Å². The van der Waals surface area contributed by atoms with Crippen LogP contribution in [0.4, 0.5) is 11.4 Å². The number of nitrogens with zero attached hydrogens (tertiary/aromatic N) is 6. The number of aryl methyl sites for hydroxylation is 2. The Morgan fingerprint density at radius 3 is 1.91 bits per heavy atom. The molecule has 2 aromatic heterocycles. The molecule has 3 aromatic carbocycles. The Bertz CT molecular complexity index is 2800. The smallest absolute Gasteiger partial charge is 0.303 e. The second kappa shape index (κ2) is 24.6. The van der Waals surface area contributed by atoms with Gasteiger partial charge in [-0.15, -0.1) is 10.2 Å². The molecule has 1 aliphatic carbocycles. The molecule has 16 nitrogen and oxygen atoms in total. The number of unbranched alkanes of at least 4 members (excludes halogenated alkanes) is 6. The van der Waals surface area contributed by atoms with Gasteiger partial charge in [0, 0.05) is 49.9 Å². The number of esters is 2. The summed E-state index contributed by atoms with van der Waals surface area (Å²) in [6, 6.07) is 18.8. The molecule has 9 rings (SSSR count). The fourth-order valence-electron chi connectivity index (χ4n) is 12.1. The maximum Gasteiger partial charge on any atom is 0.303 e. The van der Waals surface area contributed by atoms with Crippen LogP contribution >= 0.6 is 12.1 Å². The molecule has 11 atom stereocenters. The molecule has 5 heterocycles. The summed E-state index contributed by atoms with van der Waals surface area (Å²) in [6.45, 7) is 21.7. The first-order valence-electron chi connectivity index (χ1n) is 27.8. The van der Waals surface area contributed by atoms with E-state index in [1.165, 1.54) is 70.5 Å². The summed E-state index contributed by atoms with van der Waals surface area (Å²) >= 11 is 1.53. The van der Waals surface area contributed by atoms with Crippen molar-refractivity contribution in [1.82, 2.24) is 30.0 Å². The van der Waals surface area contributed by atoms with Crippen molar-refractivity contribution in [3.8, 4) is 22.3 Å². The second-order valence-electron chi connectivity index (χ2n) is 22.2. The van der Waals surface area contributed by atoms with Crippen molar-refractivity contribution in [2.75, 3.05) is 22.7 Å². The maximum atomic E-state index is 12.1. The number of fused-ring (bicyclic) bond motifs is 4. The van der Waals surface area contributed by atoms with E-state index in [9.17, 15) is 9.59 Å². The summed E-state index contributed by atoms with van der Waals surface area (Å²) in [5.74, 6) is -0.0511. The van der Waals surface area contributed by atoms with E-state index >= 15 is 0 Å². The van der Waals surface area contributed by atoms with Crippen LogP contribution in [0.25, 0.3) is 22.3 Å². The van der Waals surface area contributed by atoms with Crippen molar-refractivity contribution in [2.24, 2.45) is 23.7 Å². The Kier molecular flexibility index (Phi) is 17.9. The first kappa shape index (κ1) is 55.4. The highest BCUT2D eigenvalue weighted by atomic mass is 32.2. The molecular weight excluding hydrogens is 981 g/mol. The zero-order valence-electron chi connectivity index (χ0n) is 46.3. The van der Waals surface area contributed by atoms with Gasteiger partial charge in [-0.25, -0.2) is 9.36 Å². The molecule has 0 amide bonds. The van der Waals surface area contributed by atoms with Crippen molar-refractivity contribution in [3.05, 3.63) is 94.6 Å². The third kappa shape index (κ3) is 11.9. The van der Waals surface area contributed by atoms with Crippen LogP contribution in [-0.2, 0) is 56.6 Å². The molecule has 4 aliphatic rings. The molecule has 2 fully saturated rings. The normalized spacial score (nSPS) is 26.6. The van der Waals surface area contributed by atoms with E-state index in [2.05, 4.69) is 127 Å². The minimum absolute atomic E-state index is 0.0173. The van der Waals surface area contributed by atoms with Gasteiger partial charge < -0.3 is 37.9 Å². The number of ether oxygens (including phenoxy) is 6. The Morgan fingerprint density at radius 1 is 0.658 bits per heavy atom. The third-order valence-electron chi connectivity index (χ3n) is 17.1. The van der Waals surface area contributed by atoms with Gasteiger partial charge in [-0.1, -0.05) is 125 Å². The van der Waals surface area contributed by atoms with Crippen LogP contribution < -0.4 is 9.44 Å². The number of carbonyl (C=O) groups is 2. The van der Waals surface area contributed by atoms with Crippen LogP contribution in [-0.4, -0.2) is 79.6 Å². The predicted octanol–water partition coefficient (Wildman–Crippen LogP) is 12.4. The first-order chi connectivity index (χ1) is 36.6. The molecule has 0 spiro atoms. The van der Waals surface area contributed by atoms with Crippen LogP contribution in [0.2, 0.25) is 0 Å². The summed E-state index contributed by atoms with van der Waals surface area (Å²) in [6.07, 6.45) is 12.0. The molecule has 3 aliphatic heterocycles. The van der Waals surface area contributed by atoms with Gasteiger partial charge in [-0.3, -0.25) is 9.59 Å². The highest BCUT2D eigenvalue weighted by Gasteiger charge is 2.46. The Balaban J connectivity index is 0.830. The SMILES string of the molecule is CC(=O)OC1C(C)C(C)C(C)OC1n1cc(COCCCCCCC2(CCCCCCOCc3cnnn3C3OC(C)C(C)C(C)C3OC(C)=O)c3cc(C)ccc3-c3ccc(-c4ccc(C)c5c4NSN5)cc32)nn1. The lowest BCUT2D eigenvalue weighted by Gasteiger charge is -2.43. The Hall–Kier alpha value is -5.33. The molecule has 11 unspecified atom stereocenters. The minimum atomic E-state index is -0.568. The summed E-state index contributed by atoms with van der Waals surface area (Å²) in [5.41, 5.74) is 14.2. The van der Waals surface area contributed by atoms with Gasteiger partial charge in [-0.05, 0) is 105 Å². The van der Waals surface area contributed by atoms with Crippen molar-refractivity contribution >= 4 is 35.4 Å². The predicted molar refractivity (Wildman–Crippen MR) is 295 cm³/mol. The maximum absolute atomic E-state index is 12.1. The second-order valence-corrected chi connectivity index (χ2v) is 22.8. The van der Waals surface area contributed by atoms with Gasteiger partial charge in [-0.2, -0.15) is 0 Å². The van der Waals surface area contributed by atoms with Crippen molar-refractivity contribution in [3.63, 3.8) is 0 Å². The molecule has 76 heavy (non-hydrogen) atoms. The largest absolute Gasteiger partial charge is 0.457 e. The van der Waals surface area contributed by atoms with Crippen molar-refractivity contribution in [2.45, 2.75) is 189 Å². The van der Waals surface area contributed by atoms with Gasteiger partial charge in [0.15, 0.2) is 24.7 Å². The fraction of sp³-hybridized carbons (Fsp3) is 0.593. The minimum Gasteiger partial charge on any atom is -0.457 e. The average Bonchev–Trinajstić information content (AvgIpc) is 4.26. The van der Waals surface area contributed by atoms with Gasteiger partial charge in [0.25, 0.3) is 0 Å². The molecule has 0 radical (unpaired) electrons. The van der Waals surface area contributed by atoms with Gasteiger partial charge >= 0.3 is 11.9 Å². The average molecular weight is 1060 g/mol. The third-order valence-corrected chi connectivity index (χ3v) is 17.7. The van der Waals surface area contributed by atoms with Crippen LogP contribution in [0.5, 0.6) is 0 Å². The Morgan fingerprint density at radius 2 is 1.24 bits per heavy atom.